The summed E-state index contributed by atoms with van der Waals surface area (Å²) in [6, 6.07) is 1.87. The van der Waals surface area contributed by atoms with Crippen LogP contribution in [-0.2, 0) is 16.6 Å². The Bertz CT molecular complexity index is 545. The molecule has 1 aliphatic rings. The number of nitrogens with one attached hydrogen (secondary N) is 1. The molecule has 0 radical (unpaired) electrons. The highest BCUT2D eigenvalue weighted by molar-refractivity contribution is 7.89. The molecule has 1 aromatic heterocycles. The number of rotatable bonds is 7. The van der Waals surface area contributed by atoms with E-state index < -0.39 is 10.0 Å². The van der Waals surface area contributed by atoms with Crippen LogP contribution in [0.4, 0.5) is 0 Å². The maximum Gasteiger partial charge on any atom is 0.242 e. The highest BCUT2D eigenvalue weighted by Crippen LogP contribution is 2.29. The molecule has 0 unspecified atom stereocenters. The van der Waals surface area contributed by atoms with Gasteiger partial charge < -0.3 is 10.3 Å². The minimum Gasteiger partial charge on any atom is -0.346 e. The predicted octanol–water partition coefficient (Wildman–Crippen LogP) is 2.00. The monoisotopic (exact) mass is 299 g/mol. The van der Waals surface area contributed by atoms with Gasteiger partial charge in [-0.05, 0) is 32.3 Å². The van der Waals surface area contributed by atoms with Crippen LogP contribution >= 0.6 is 0 Å². The summed E-state index contributed by atoms with van der Waals surface area (Å²) >= 11 is 0. The second kappa shape index (κ2) is 6.28. The third kappa shape index (κ3) is 3.42. The van der Waals surface area contributed by atoms with Gasteiger partial charge in [-0.2, -0.15) is 0 Å². The lowest BCUT2D eigenvalue weighted by Gasteiger charge is -2.24. The normalized spacial score (nSPS) is 16.6. The molecule has 0 aliphatic heterocycles. The average molecular weight is 299 g/mol. The van der Waals surface area contributed by atoms with E-state index in [0.717, 1.165) is 12.1 Å². The molecule has 0 aromatic carbocycles. The van der Waals surface area contributed by atoms with Gasteiger partial charge in [-0.3, -0.25) is 0 Å². The zero-order chi connectivity index (χ0) is 14.8. The molecule has 0 bridgehead atoms. The topological polar surface area (TPSA) is 77.1 Å². The van der Waals surface area contributed by atoms with Gasteiger partial charge in [0.2, 0.25) is 10.0 Å². The first-order valence-corrected chi connectivity index (χ1v) is 8.83. The molecular weight excluding hydrogens is 274 g/mol. The molecule has 1 saturated carbocycles. The molecular formula is C14H25N3O2S. The Labute approximate surface area is 121 Å². The van der Waals surface area contributed by atoms with Gasteiger partial charge in [0.25, 0.3) is 0 Å². The van der Waals surface area contributed by atoms with E-state index in [1.54, 1.807) is 12.3 Å². The predicted molar refractivity (Wildman–Crippen MR) is 79.9 cm³/mol. The van der Waals surface area contributed by atoms with Gasteiger partial charge in [-0.1, -0.05) is 19.3 Å². The molecule has 1 aromatic rings. The fourth-order valence-electron chi connectivity index (χ4n) is 2.55. The van der Waals surface area contributed by atoms with Gasteiger partial charge in [0.1, 0.15) is 0 Å². The Kier molecular flexibility index (Phi) is 4.88. The molecule has 114 valence electrons. The third-order valence-corrected chi connectivity index (χ3v) is 5.48. The molecule has 6 heteroatoms. The smallest absolute Gasteiger partial charge is 0.242 e. The highest BCUT2D eigenvalue weighted by Gasteiger charge is 2.21. The van der Waals surface area contributed by atoms with Crippen LogP contribution < -0.4 is 10.5 Å². The fourth-order valence-corrected chi connectivity index (χ4v) is 3.65. The maximum atomic E-state index is 12.3. The van der Waals surface area contributed by atoms with Gasteiger partial charge in [0, 0.05) is 31.0 Å². The molecule has 1 aliphatic carbocycles. The molecule has 20 heavy (non-hydrogen) atoms. The first-order chi connectivity index (χ1) is 9.44. The Balaban J connectivity index is 2.04. The van der Waals surface area contributed by atoms with E-state index in [2.05, 4.69) is 4.72 Å². The van der Waals surface area contributed by atoms with Crippen LogP contribution in [-0.4, -0.2) is 19.5 Å². The first-order valence-electron chi connectivity index (χ1n) is 7.34. The number of aromatic nitrogens is 1. The maximum absolute atomic E-state index is 12.3. The number of nitrogens with two attached hydrogens (primary N) is 1. The van der Waals surface area contributed by atoms with E-state index in [0.29, 0.717) is 23.9 Å². The highest BCUT2D eigenvalue weighted by atomic mass is 32.2. The van der Waals surface area contributed by atoms with Crippen molar-refractivity contribution in [2.24, 2.45) is 11.7 Å². The van der Waals surface area contributed by atoms with Crippen molar-refractivity contribution in [3.05, 3.63) is 18.0 Å². The van der Waals surface area contributed by atoms with Gasteiger partial charge in [-0.25, -0.2) is 13.1 Å². The van der Waals surface area contributed by atoms with E-state index >= 15 is 0 Å². The first kappa shape index (κ1) is 15.5. The lowest BCUT2D eigenvalue weighted by molar-refractivity contribution is 0.297. The van der Waals surface area contributed by atoms with Gasteiger partial charge in [0.15, 0.2) is 0 Å². The van der Waals surface area contributed by atoms with Crippen LogP contribution in [0.2, 0.25) is 0 Å². The van der Waals surface area contributed by atoms with Crippen molar-refractivity contribution in [1.82, 2.24) is 9.29 Å². The Morgan fingerprint density at radius 1 is 1.45 bits per heavy atom. The molecule has 0 atom stereocenters. The molecule has 1 heterocycles. The van der Waals surface area contributed by atoms with E-state index in [9.17, 15) is 8.42 Å². The standard InChI is InChI=1S/C14H25N3O2S/c1-11(2)17-10-14(8-13(17)9-15)20(18,19)16-7-6-12-4-3-5-12/h8,10-12,16H,3-7,9,15H2,1-2H3. The minimum atomic E-state index is -3.41. The summed E-state index contributed by atoms with van der Waals surface area (Å²) in [5, 5.41) is 0. The lowest BCUT2D eigenvalue weighted by atomic mass is 9.83. The SMILES string of the molecule is CC(C)n1cc(S(=O)(=O)NCCC2CCC2)cc1CN. The van der Waals surface area contributed by atoms with E-state index in [-0.39, 0.29) is 6.04 Å². The Hall–Kier alpha value is -0.850. The van der Waals surface area contributed by atoms with Crippen molar-refractivity contribution in [1.29, 1.82) is 0 Å². The lowest BCUT2D eigenvalue weighted by Crippen LogP contribution is -2.27. The van der Waals surface area contributed by atoms with Crippen LogP contribution in [0.25, 0.3) is 0 Å². The van der Waals surface area contributed by atoms with E-state index in [1.165, 1.54) is 19.3 Å². The fraction of sp³-hybridized carbons (Fsp3) is 0.714. The summed E-state index contributed by atoms with van der Waals surface area (Å²) in [6.45, 7) is 4.90. The summed E-state index contributed by atoms with van der Waals surface area (Å²) in [5.74, 6) is 0.706. The molecule has 1 fully saturated rings. The summed E-state index contributed by atoms with van der Waals surface area (Å²) in [7, 11) is -3.41. The molecule has 5 nitrogen and oxygen atoms in total. The van der Waals surface area contributed by atoms with Crippen molar-refractivity contribution in [2.45, 2.75) is 57.0 Å². The molecule has 3 N–H and O–H groups in total. The molecule has 0 spiro atoms. The third-order valence-electron chi connectivity index (χ3n) is 4.05. The van der Waals surface area contributed by atoms with Gasteiger partial charge >= 0.3 is 0 Å². The van der Waals surface area contributed by atoms with Crippen LogP contribution in [0.5, 0.6) is 0 Å². The largest absolute Gasteiger partial charge is 0.346 e. The van der Waals surface area contributed by atoms with Crippen molar-refractivity contribution >= 4 is 10.0 Å². The summed E-state index contributed by atoms with van der Waals surface area (Å²) < 4.78 is 29.1. The van der Waals surface area contributed by atoms with Crippen molar-refractivity contribution in [2.75, 3.05) is 6.54 Å². The second-order valence-corrected chi connectivity index (χ2v) is 7.62. The quantitative estimate of drug-likeness (QED) is 0.808. The second-order valence-electron chi connectivity index (χ2n) is 5.86. The molecule has 0 saturated heterocycles. The minimum absolute atomic E-state index is 0.201. The zero-order valence-corrected chi connectivity index (χ0v) is 13.1. The van der Waals surface area contributed by atoms with Crippen molar-refractivity contribution in [3.8, 4) is 0 Å². The molecule has 0 amide bonds. The summed E-state index contributed by atoms with van der Waals surface area (Å²) in [6.07, 6.45) is 6.38. The van der Waals surface area contributed by atoms with Crippen molar-refractivity contribution < 1.29 is 8.42 Å². The number of sulfonamides is 1. The van der Waals surface area contributed by atoms with Crippen LogP contribution in [0.3, 0.4) is 0 Å². The number of hydrogen-bond donors (Lipinski definition) is 2. The zero-order valence-electron chi connectivity index (χ0n) is 12.3. The van der Waals surface area contributed by atoms with Crippen LogP contribution in [0.1, 0.15) is 51.3 Å². The number of hydrogen-bond acceptors (Lipinski definition) is 3. The van der Waals surface area contributed by atoms with Gasteiger partial charge in [-0.15, -0.1) is 0 Å². The van der Waals surface area contributed by atoms with E-state index in [4.69, 9.17) is 5.73 Å². The average Bonchev–Trinajstić information content (AvgIpc) is 2.77. The summed E-state index contributed by atoms with van der Waals surface area (Å²) in [4.78, 5) is 0.320. The molecule has 2 rings (SSSR count). The van der Waals surface area contributed by atoms with Crippen LogP contribution in [0, 0.1) is 5.92 Å². The Morgan fingerprint density at radius 2 is 2.15 bits per heavy atom. The summed E-state index contributed by atoms with van der Waals surface area (Å²) in [5.41, 5.74) is 6.52. The van der Waals surface area contributed by atoms with Crippen molar-refractivity contribution in [3.63, 3.8) is 0 Å². The van der Waals surface area contributed by atoms with Crippen LogP contribution in [0.15, 0.2) is 17.2 Å². The van der Waals surface area contributed by atoms with E-state index in [1.807, 2.05) is 18.4 Å². The Morgan fingerprint density at radius 3 is 2.60 bits per heavy atom. The van der Waals surface area contributed by atoms with Gasteiger partial charge in [0.05, 0.1) is 4.90 Å². The number of nitrogens with zero attached hydrogens (tertiary/aromatic N) is 1.